The number of carbonyl (C=O) groups is 4. The van der Waals surface area contributed by atoms with Crippen LogP contribution in [0.4, 0.5) is 0 Å². The fourth-order valence-electron chi connectivity index (χ4n) is 7.51. The Morgan fingerprint density at radius 2 is 1.56 bits per heavy atom. The van der Waals surface area contributed by atoms with E-state index in [0.717, 1.165) is 34.9 Å². The molecule has 6 atom stereocenters. The van der Waals surface area contributed by atoms with Gasteiger partial charge in [-0.1, -0.05) is 82.3 Å². The highest BCUT2D eigenvalue weighted by molar-refractivity contribution is 7.86. The Hall–Kier alpha value is -4.43. The normalized spacial score (nSPS) is 22.5. The number of unbranched alkanes of at least 4 members (excludes halogenated alkanes) is 2. The minimum atomic E-state index is -3.92. The second kappa shape index (κ2) is 18.9. The molecule has 5 rings (SSSR count). The van der Waals surface area contributed by atoms with Gasteiger partial charge in [-0.15, -0.1) is 0 Å². The van der Waals surface area contributed by atoms with Gasteiger partial charge in [0.05, 0.1) is 16.5 Å². The Balaban J connectivity index is 1.34. The topological polar surface area (TPSA) is 165 Å². The number of hydrogen-bond donors (Lipinski definition) is 3. The maximum absolute atomic E-state index is 14.2. The van der Waals surface area contributed by atoms with Gasteiger partial charge in [0.1, 0.15) is 31.3 Å². The molecule has 3 N–H and O–H groups in total. The molecule has 0 saturated carbocycles. The average Bonchev–Trinajstić information content (AvgIpc) is 3.54. The predicted octanol–water partition coefficient (Wildman–Crippen LogP) is 4.58. The van der Waals surface area contributed by atoms with Crippen molar-refractivity contribution in [2.45, 2.75) is 133 Å². The Morgan fingerprint density at radius 3 is 2.27 bits per heavy atom. The minimum absolute atomic E-state index is 0.117. The molecule has 13 nitrogen and oxygen atoms in total. The van der Waals surface area contributed by atoms with Crippen molar-refractivity contribution in [2.75, 3.05) is 13.7 Å². The van der Waals surface area contributed by atoms with E-state index in [9.17, 15) is 27.6 Å². The van der Waals surface area contributed by atoms with Crippen molar-refractivity contribution < 1.29 is 36.6 Å². The Labute approximate surface area is 325 Å². The van der Waals surface area contributed by atoms with Gasteiger partial charge < -0.3 is 25.7 Å². The Morgan fingerprint density at radius 1 is 0.855 bits per heavy atom. The number of benzene rings is 2. The first kappa shape index (κ1) is 41.7. The fraction of sp³-hybridized carbons (Fsp3) is 0.561. The first-order valence-corrected chi connectivity index (χ1v) is 21.1. The van der Waals surface area contributed by atoms with Crippen molar-refractivity contribution in [3.8, 4) is 0 Å². The van der Waals surface area contributed by atoms with Gasteiger partial charge in [-0.2, -0.15) is 13.1 Å². The van der Waals surface area contributed by atoms with Crippen LogP contribution in [0.15, 0.2) is 59.6 Å². The highest BCUT2D eigenvalue weighted by atomic mass is 32.2. The van der Waals surface area contributed by atoms with Crippen LogP contribution in [0.1, 0.15) is 96.1 Å². The highest BCUT2D eigenvalue weighted by Gasteiger charge is 2.41. The van der Waals surface area contributed by atoms with Crippen LogP contribution in [0.25, 0.3) is 10.9 Å². The maximum Gasteiger partial charge on any atom is 0.297 e. The van der Waals surface area contributed by atoms with E-state index in [1.807, 2.05) is 52.0 Å². The van der Waals surface area contributed by atoms with Crippen LogP contribution < -0.4 is 20.8 Å². The van der Waals surface area contributed by atoms with Gasteiger partial charge in [-0.25, -0.2) is 0 Å². The van der Waals surface area contributed by atoms with Crippen molar-refractivity contribution in [1.29, 1.82) is 0 Å². The van der Waals surface area contributed by atoms with Crippen LogP contribution in [-0.4, -0.2) is 85.6 Å². The van der Waals surface area contributed by atoms with Crippen LogP contribution >= 0.6 is 0 Å². The van der Waals surface area contributed by atoms with Gasteiger partial charge in [-0.3, -0.25) is 23.4 Å². The Kier molecular flexibility index (Phi) is 14.4. The van der Waals surface area contributed by atoms with Crippen LogP contribution in [-0.2, 0) is 39.9 Å². The molecule has 1 aromatic heterocycles. The number of aromatic nitrogens is 1. The van der Waals surface area contributed by atoms with Crippen LogP contribution in [0.5, 0.6) is 0 Å². The molecule has 3 aromatic rings. The molecule has 2 unspecified atom stereocenters. The van der Waals surface area contributed by atoms with Crippen molar-refractivity contribution in [3.63, 3.8) is 0 Å². The third-order valence-corrected chi connectivity index (χ3v) is 12.4. The molecular weight excluding hydrogens is 723 g/mol. The van der Waals surface area contributed by atoms with Gasteiger partial charge in [0, 0.05) is 24.5 Å². The molecule has 2 saturated heterocycles. The van der Waals surface area contributed by atoms with Gasteiger partial charge in [-0.05, 0) is 75.1 Å². The number of para-hydroxylation sites is 1. The van der Waals surface area contributed by atoms with Crippen LogP contribution in [0, 0.1) is 12.8 Å². The number of carbonyl (C=O) groups excluding carboxylic acids is 4. The van der Waals surface area contributed by atoms with Gasteiger partial charge in [0.15, 0.2) is 0 Å². The lowest BCUT2D eigenvalue weighted by molar-refractivity contribution is -0.147. The number of fused-ring (bicyclic) bond motifs is 2. The molecule has 0 bridgehead atoms. The summed E-state index contributed by atoms with van der Waals surface area (Å²) in [5.74, 6) is -1.87. The number of nitrogens with one attached hydrogen (secondary N) is 3. The van der Waals surface area contributed by atoms with E-state index in [4.69, 9.17) is 9.02 Å². The lowest BCUT2D eigenvalue weighted by atomic mass is 9.93. The summed E-state index contributed by atoms with van der Waals surface area (Å²) in [5, 5.41) is 9.76. The van der Waals surface area contributed by atoms with E-state index < -0.39 is 52.2 Å². The Bertz CT molecular complexity index is 1910. The summed E-state index contributed by atoms with van der Waals surface area (Å²) in [5.41, 5.74) is 2.52. The van der Waals surface area contributed by atoms with Crippen molar-refractivity contribution in [1.82, 2.24) is 25.6 Å². The molecule has 300 valence electrons. The van der Waals surface area contributed by atoms with Crippen LogP contribution in [0.2, 0.25) is 0 Å². The van der Waals surface area contributed by atoms with Gasteiger partial charge >= 0.3 is 0 Å². The second-order valence-corrected chi connectivity index (χ2v) is 16.5. The number of rotatable bonds is 15. The molecule has 0 spiro atoms. The van der Waals surface area contributed by atoms with E-state index in [1.165, 1.54) is 12.1 Å². The first-order chi connectivity index (χ1) is 26.4. The van der Waals surface area contributed by atoms with E-state index in [-0.39, 0.29) is 35.5 Å². The summed E-state index contributed by atoms with van der Waals surface area (Å²) in [6, 6.07) is 10.5. The van der Waals surface area contributed by atoms with Crippen molar-refractivity contribution in [2.24, 2.45) is 5.92 Å². The van der Waals surface area contributed by atoms with E-state index in [2.05, 4.69) is 16.0 Å². The monoisotopic (exact) mass is 779 g/mol. The molecule has 0 aliphatic carbocycles. The quantitative estimate of drug-likeness (QED) is 0.149. The van der Waals surface area contributed by atoms with Crippen molar-refractivity contribution in [3.05, 3.63) is 65.9 Å². The highest BCUT2D eigenvalue weighted by Crippen LogP contribution is 2.25. The number of nitrogens with zero attached hydrogens (tertiary/aromatic N) is 2. The summed E-state index contributed by atoms with van der Waals surface area (Å²) in [4.78, 5) is 63.8. The molecular formula is C41H57N5O8S. The smallest absolute Gasteiger partial charge is 0.297 e. The SMILES string of the molecule is CCC(CCCCC[C@@H]1NC(=O)[C@H]2CCCCN2C(=O)[C@H](C(C)CC)NC(=O)[C@H](Cc2cn(OC)c3ccccc23)NC1=O)OS(=O)(=O)c1ccc(C)cc1. The lowest BCUT2D eigenvalue weighted by Gasteiger charge is -2.39. The van der Waals surface area contributed by atoms with E-state index >= 15 is 0 Å². The third kappa shape index (κ3) is 10.3. The summed E-state index contributed by atoms with van der Waals surface area (Å²) < 4.78 is 33.0. The van der Waals surface area contributed by atoms with Gasteiger partial charge in [0.2, 0.25) is 23.6 Å². The third-order valence-electron chi connectivity index (χ3n) is 11.1. The van der Waals surface area contributed by atoms with E-state index in [0.29, 0.717) is 51.5 Å². The summed E-state index contributed by atoms with van der Waals surface area (Å²) in [6.07, 6.45) is 7.10. The molecule has 3 heterocycles. The zero-order chi connectivity index (χ0) is 39.7. The molecule has 2 aliphatic rings. The zero-order valence-electron chi connectivity index (χ0n) is 32.7. The number of amides is 4. The first-order valence-electron chi connectivity index (χ1n) is 19.7. The van der Waals surface area contributed by atoms with Crippen LogP contribution in [0.3, 0.4) is 0 Å². The summed E-state index contributed by atoms with van der Waals surface area (Å²) in [6.45, 7) is 8.01. The minimum Gasteiger partial charge on any atom is -0.417 e. The molecule has 55 heavy (non-hydrogen) atoms. The van der Waals surface area contributed by atoms with Crippen molar-refractivity contribution >= 4 is 44.6 Å². The number of hydrogen-bond acceptors (Lipinski definition) is 8. The fourth-order valence-corrected chi connectivity index (χ4v) is 8.68. The predicted molar refractivity (Wildman–Crippen MR) is 209 cm³/mol. The maximum atomic E-state index is 14.2. The molecule has 0 radical (unpaired) electrons. The zero-order valence-corrected chi connectivity index (χ0v) is 33.5. The number of aryl methyl sites for hydroxylation is 1. The molecule has 2 aliphatic heterocycles. The molecule has 4 amide bonds. The molecule has 2 aromatic carbocycles. The molecule has 2 fully saturated rings. The largest absolute Gasteiger partial charge is 0.417 e. The lowest BCUT2D eigenvalue weighted by Crippen LogP contribution is -2.64. The molecule has 14 heteroatoms. The number of piperidine rings is 1. The standard InChI is InChI=1S/C41H57N5O8S/c1-6-28(4)37-41(50)45-24-14-13-19-36(45)40(49)42-33(17-10-8-9-15-30(7-2)54-55(51,52)31-22-20-27(3)21-23-31)38(47)43-34(39(48)44-37)25-29-26-46(53-5)35-18-12-11-16-32(29)35/h11-12,16,18,20-23,26,28,30,33-34,36-37H,6-10,13-15,17,19,24-25H2,1-5H3,(H,42,49)(H,43,47)(H,44,48)/t28?,30?,33-,34-,36+,37-/m0/s1. The van der Waals surface area contributed by atoms with Gasteiger partial charge in [0.25, 0.3) is 10.1 Å². The summed E-state index contributed by atoms with van der Waals surface area (Å²) >= 11 is 0. The average molecular weight is 780 g/mol. The second-order valence-electron chi connectivity index (χ2n) is 15.0. The summed E-state index contributed by atoms with van der Waals surface area (Å²) in [7, 11) is -2.37. The van der Waals surface area contributed by atoms with E-state index in [1.54, 1.807) is 35.1 Å².